The van der Waals surface area contributed by atoms with Gasteiger partial charge in [-0.15, -0.1) is 0 Å². The van der Waals surface area contributed by atoms with Gasteiger partial charge in [0.15, 0.2) is 0 Å². The molecule has 1 amide bonds. The number of rotatable bonds is 3. The Bertz CT molecular complexity index is 1530. The Morgan fingerprint density at radius 2 is 2.00 bits per heavy atom. The van der Waals surface area contributed by atoms with Crippen LogP contribution in [0.4, 0.5) is 5.69 Å². The van der Waals surface area contributed by atoms with Crippen LogP contribution in [-0.2, 0) is 31.3 Å². The highest BCUT2D eigenvalue weighted by molar-refractivity contribution is 7.90. The minimum atomic E-state index is -4.03. The molecule has 6 rings (SSSR count). The molecule has 6 atom stereocenters. The molecule has 0 saturated heterocycles. The minimum absolute atomic E-state index is 0.0173. The minimum Gasteiger partial charge on any atom is -0.490 e. The van der Waals surface area contributed by atoms with Gasteiger partial charge in [-0.3, -0.25) is 4.79 Å². The van der Waals surface area contributed by atoms with Crippen molar-refractivity contribution in [3.63, 3.8) is 0 Å². The highest BCUT2D eigenvalue weighted by atomic mass is 35.5. The van der Waals surface area contributed by atoms with E-state index in [0.29, 0.717) is 30.6 Å². The van der Waals surface area contributed by atoms with Crippen LogP contribution in [0.1, 0.15) is 60.5 Å². The molecule has 1 N–H and O–H groups in total. The van der Waals surface area contributed by atoms with Crippen molar-refractivity contribution in [3.05, 3.63) is 70.3 Å². The van der Waals surface area contributed by atoms with Gasteiger partial charge in [0, 0.05) is 43.3 Å². The van der Waals surface area contributed by atoms with Crippen molar-refractivity contribution in [1.82, 2.24) is 4.72 Å². The maximum absolute atomic E-state index is 13.5. The second kappa shape index (κ2) is 12.7. The van der Waals surface area contributed by atoms with Crippen LogP contribution in [0.5, 0.6) is 5.75 Å². The zero-order valence-electron chi connectivity index (χ0n) is 25.8. The van der Waals surface area contributed by atoms with Gasteiger partial charge in [0.25, 0.3) is 5.91 Å². The molecule has 4 aliphatic rings. The lowest BCUT2D eigenvalue weighted by atomic mass is 9.68. The number of methoxy groups -OCH3 is 2. The largest absolute Gasteiger partial charge is 0.490 e. The number of halogens is 1. The lowest BCUT2D eigenvalue weighted by Gasteiger charge is -2.46. The molecule has 2 aliphatic heterocycles. The van der Waals surface area contributed by atoms with E-state index < -0.39 is 21.2 Å². The summed E-state index contributed by atoms with van der Waals surface area (Å²) in [6, 6.07) is 11.5. The molecule has 2 bridgehead atoms. The van der Waals surface area contributed by atoms with Crippen molar-refractivity contribution in [2.24, 2.45) is 17.8 Å². The highest BCUT2D eigenvalue weighted by Crippen LogP contribution is 2.47. The van der Waals surface area contributed by atoms with E-state index in [1.807, 2.05) is 25.1 Å². The van der Waals surface area contributed by atoms with Crippen molar-refractivity contribution < 1.29 is 27.4 Å². The third kappa shape index (κ3) is 6.00. The van der Waals surface area contributed by atoms with Crippen LogP contribution in [0.25, 0.3) is 0 Å². The normalized spacial score (nSPS) is 32.3. The summed E-state index contributed by atoms with van der Waals surface area (Å²) in [7, 11) is -0.808. The zero-order valence-corrected chi connectivity index (χ0v) is 27.3. The van der Waals surface area contributed by atoms with E-state index in [1.165, 1.54) is 18.2 Å². The molecule has 2 aromatic rings. The predicted octanol–water partition coefficient (Wildman–Crippen LogP) is 5.52. The van der Waals surface area contributed by atoms with Crippen LogP contribution in [-0.4, -0.2) is 66.2 Å². The number of hydrogen-bond acceptors (Lipinski definition) is 7. The molecular formula is C34H43ClN2O6S. The van der Waals surface area contributed by atoms with E-state index in [2.05, 4.69) is 27.8 Å². The Hall–Kier alpha value is -2.59. The van der Waals surface area contributed by atoms with Crippen LogP contribution in [0.15, 0.2) is 48.6 Å². The summed E-state index contributed by atoms with van der Waals surface area (Å²) in [4.78, 5) is 15.9. The number of nitrogens with zero attached hydrogens (tertiary/aromatic N) is 1. The number of amides is 1. The first-order chi connectivity index (χ1) is 21.1. The Morgan fingerprint density at radius 3 is 2.75 bits per heavy atom. The smallest absolute Gasteiger partial charge is 0.264 e. The number of fused-ring (bicyclic) bond motifs is 4. The Labute approximate surface area is 266 Å². The standard InChI is InChI=1S/C34H43ClN2O6S/c1-22-6-4-8-30(42-3)27-12-9-25(27)18-37-20-34(15-5-7-23-16-26(35)11-13-28(23)34)21-43-31-14-10-24(17-29(31)37)33(38)36-44(39,40)32(22)19-41-2/h4,8,10-11,13-14,16-17,22,25,27,30,32H,5-7,9,12,15,18-21H2,1-3H3,(H,36,38)/b8-4+/t22-,25-,27+,30-,32-,34-/m0/s1. The Balaban J connectivity index is 1.43. The van der Waals surface area contributed by atoms with Crippen molar-refractivity contribution in [3.8, 4) is 5.75 Å². The molecule has 1 saturated carbocycles. The fraction of sp³-hybridized carbons (Fsp3) is 0.559. The first-order valence-electron chi connectivity index (χ1n) is 15.7. The van der Waals surface area contributed by atoms with Gasteiger partial charge >= 0.3 is 0 Å². The molecular weight excluding hydrogens is 600 g/mol. The molecule has 2 heterocycles. The van der Waals surface area contributed by atoms with Gasteiger partial charge in [-0.1, -0.05) is 36.7 Å². The summed E-state index contributed by atoms with van der Waals surface area (Å²) < 4.78 is 47.3. The third-order valence-corrected chi connectivity index (χ3v) is 12.5. The van der Waals surface area contributed by atoms with Crippen LogP contribution in [0.3, 0.4) is 0 Å². The average Bonchev–Trinajstić information content (AvgIpc) is 3.13. The molecule has 0 unspecified atom stereocenters. The number of allylic oxidation sites excluding steroid dienone is 1. The van der Waals surface area contributed by atoms with Gasteiger partial charge in [-0.2, -0.15) is 0 Å². The van der Waals surface area contributed by atoms with Crippen molar-refractivity contribution in [2.45, 2.75) is 62.2 Å². The van der Waals surface area contributed by atoms with Crippen LogP contribution in [0.2, 0.25) is 5.02 Å². The lowest BCUT2D eigenvalue weighted by Crippen LogP contribution is -2.49. The summed E-state index contributed by atoms with van der Waals surface area (Å²) in [5, 5.41) is -0.154. The molecule has 0 radical (unpaired) electrons. The van der Waals surface area contributed by atoms with Gasteiger partial charge < -0.3 is 19.1 Å². The Kier molecular flexibility index (Phi) is 9.03. The molecule has 1 spiro atoms. The van der Waals surface area contributed by atoms with Crippen molar-refractivity contribution in [2.75, 3.05) is 45.4 Å². The molecule has 2 aromatic carbocycles. The zero-order chi connectivity index (χ0) is 31.1. The SMILES string of the molecule is COC[C@H]1[C@@H](C)C/C=C/[C@H](OC)[C@@H]2CC[C@H]2CN2C[C@@]3(CCCc4cc(Cl)ccc43)COc3ccc(cc32)C(=O)NS1(=O)=O. The fourth-order valence-corrected chi connectivity index (χ4v) is 9.52. The van der Waals surface area contributed by atoms with Gasteiger partial charge in [0.05, 0.1) is 25.0 Å². The summed E-state index contributed by atoms with van der Waals surface area (Å²) in [6.45, 7) is 3.88. The number of nitrogens with one attached hydrogen (secondary N) is 1. The number of hydrogen-bond donors (Lipinski definition) is 1. The monoisotopic (exact) mass is 642 g/mol. The van der Waals surface area contributed by atoms with E-state index >= 15 is 0 Å². The molecule has 44 heavy (non-hydrogen) atoms. The summed E-state index contributed by atoms with van der Waals surface area (Å²) in [5.74, 6) is 0.505. The molecule has 1 fully saturated rings. The number of ether oxygens (including phenoxy) is 3. The van der Waals surface area contributed by atoms with Gasteiger partial charge in [-0.25, -0.2) is 13.1 Å². The summed E-state index contributed by atoms with van der Waals surface area (Å²) in [5.41, 5.74) is 3.40. The van der Waals surface area contributed by atoms with E-state index in [0.717, 1.165) is 55.9 Å². The fourth-order valence-electron chi connectivity index (χ4n) is 7.76. The number of carbonyl (C=O) groups excluding carboxylic acids is 1. The van der Waals surface area contributed by atoms with Gasteiger partial charge in [-0.05, 0) is 97.7 Å². The van der Waals surface area contributed by atoms with Gasteiger partial charge in [0.1, 0.15) is 11.0 Å². The molecule has 8 nitrogen and oxygen atoms in total. The van der Waals surface area contributed by atoms with Crippen LogP contribution in [0, 0.1) is 17.8 Å². The van der Waals surface area contributed by atoms with E-state index in [-0.39, 0.29) is 29.6 Å². The van der Waals surface area contributed by atoms with E-state index in [9.17, 15) is 13.2 Å². The second-order valence-corrected chi connectivity index (χ2v) is 15.4. The number of anilines is 1. The van der Waals surface area contributed by atoms with Crippen molar-refractivity contribution in [1.29, 1.82) is 0 Å². The third-order valence-electron chi connectivity index (χ3n) is 10.4. The number of sulfonamides is 1. The maximum atomic E-state index is 13.5. The first-order valence-corrected chi connectivity index (χ1v) is 17.6. The topological polar surface area (TPSA) is 94.2 Å². The van der Waals surface area contributed by atoms with E-state index in [4.69, 9.17) is 25.8 Å². The number of aryl methyl sites for hydroxylation is 1. The Morgan fingerprint density at radius 1 is 1.16 bits per heavy atom. The summed E-state index contributed by atoms with van der Waals surface area (Å²) >= 11 is 6.41. The summed E-state index contributed by atoms with van der Waals surface area (Å²) in [6.07, 6.45) is 9.74. The number of carbonyl (C=O) groups is 1. The lowest BCUT2D eigenvalue weighted by molar-refractivity contribution is 0.0131. The first kappa shape index (κ1) is 31.4. The van der Waals surface area contributed by atoms with Gasteiger partial charge in [0.2, 0.25) is 10.0 Å². The molecule has 0 aromatic heterocycles. The van der Waals surface area contributed by atoms with Crippen LogP contribution < -0.4 is 14.4 Å². The van der Waals surface area contributed by atoms with Crippen LogP contribution >= 0.6 is 11.6 Å². The predicted molar refractivity (Wildman–Crippen MR) is 172 cm³/mol. The second-order valence-electron chi connectivity index (χ2n) is 13.1. The quantitative estimate of drug-likeness (QED) is 0.441. The number of benzene rings is 2. The molecule has 2 aliphatic carbocycles. The van der Waals surface area contributed by atoms with Crippen molar-refractivity contribution >= 4 is 33.2 Å². The molecule has 10 heteroatoms. The average molecular weight is 643 g/mol. The highest BCUT2D eigenvalue weighted by Gasteiger charge is 2.44. The molecule has 238 valence electrons. The maximum Gasteiger partial charge on any atom is 0.264 e. The van der Waals surface area contributed by atoms with E-state index in [1.54, 1.807) is 19.2 Å².